The van der Waals surface area contributed by atoms with Crippen LogP contribution in [0.15, 0.2) is 0 Å². The van der Waals surface area contributed by atoms with Gasteiger partial charge in [0, 0.05) is 0 Å². The zero-order valence-corrected chi connectivity index (χ0v) is 13.8. The summed E-state index contributed by atoms with van der Waals surface area (Å²) in [5.41, 5.74) is -0.261. The van der Waals surface area contributed by atoms with Crippen LogP contribution in [0.2, 0.25) is 0 Å². The third kappa shape index (κ3) is 4.73. The molecule has 20 heavy (non-hydrogen) atoms. The van der Waals surface area contributed by atoms with Gasteiger partial charge in [-0.2, -0.15) is 5.26 Å². The lowest BCUT2D eigenvalue weighted by molar-refractivity contribution is 0.225. The van der Waals surface area contributed by atoms with E-state index in [9.17, 15) is 5.26 Å². The Labute approximate surface area is 125 Å². The van der Waals surface area contributed by atoms with Crippen molar-refractivity contribution in [3.05, 3.63) is 0 Å². The molecule has 0 saturated heterocycles. The summed E-state index contributed by atoms with van der Waals surface area (Å²) in [5.74, 6) is 0.514. The molecule has 4 heteroatoms. The first-order valence-electron chi connectivity index (χ1n) is 8.05. The predicted octanol–water partition coefficient (Wildman–Crippen LogP) is 1.93. The first-order valence-corrected chi connectivity index (χ1v) is 8.05. The quantitative estimate of drug-likeness (QED) is 0.701. The Hall–Kier alpha value is -0.630. The third-order valence-corrected chi connectivity index (χ3v) is 4.79. The van der Waals surface area contributed by atoms with Gasteiger partial charge in [0.05, 0.1) is 6.07 Å². The van der Waals surface area contributed by atoms with E-state index >= 15 is 0 Å². The van der Waals surface area contributed by atoms with Gasteiger partial charge in [-0.05, 0) is 78.9 Å². The van der Waals surface area contributed by atoms with Crippen LogP contribution < -0.4 is 5.32 Å². The highest BCUT2D eigenvalue weighted by Crippen LogP contribution is 2.37. The maximum atomic E-state index is 9.48. The van der Waals surface area contributed by atoms with Gasteiger partial charge in [-0.3, -0.25) is 0 Å². The van der Waals surface area contributed by atoms with E-state index in [4.69, 9.17) is 0 Å². The van der Waals surface area contributed by atoms with Gasteiger partial charge in [-0.25, -0.2) is 0 Å². The minimum atomic E-state index is -0.261. The van der Waals surface area contributed by atoms with Crippen LogP contribution in [0.4, 0.5) is 0 Å². The van der Waals surface area contributed by atoms with Crippen molar-refractivity contribution in [2.75, 3.05) is 47.3 Å². The molecule has 1 fully saturated rings. The minimum absolute atomic E-state index is 0.261. The Balaban J connectivity index is 2.38. The van der Waals surface area contributed by atoms with Crippen molar-refractivity contribution in [1.29, 1.82) is 5.26 Å². The molecular formula is C16H32N4. The van der Waals surface area contributed by atoms with E-state index in [2.05, 4.69) is 42.2 Å². The second-order valence-electron chi connectivity index (χ2n) is 6.30. The Bertz CT molecular complexity index is 310. The summed E-state index contributed by atoms with van der Waals surface area (Å²) in [7, 11) is 6.20. The summed E-state index contributed by atoms with van der Waals surface area (Å²) >= 11 is 0. The molecular weight excluding hydrogens is 248 g/mol. The number of nitriles is 1. The van der Waals surface area contributed by atoms with Gasteiger partial charge in [0.25, 0.3) is 0 Å². The van der Waals surface area contributed by atoms with Crippen LogP contribution in [-0.2, 0) is 0 Å². The smallest absolute Gasteiger partial charge is 0.109 e. The topological polar surface area (TPSA) is 42.3 Å². The van der Waals surface area contributed by atoms with Crippen molar-refractivity contribution in [3.8, 4) is 6.07 Å². The van der Waals surface area contributed by atoms with Crippen molar-refractivity contribution in [2.45, 2.75) is 44.6 Å². The fraction of sp³-hybridized carbons (Fsp3) is 0.938. The lowest BCUT2D eigenvalue weighted by atomic mass is 9.86. The van der Waals surface area contributed by atoms with Crippen LogP contribution in [0.3, 0.4) is 0 Å². The summed E-state index contributed by atoms with van der Waals surface area (Å²) in [6.07, 6.45) is 5.76. The van der Waals surface area contributed by atoms with Crippen molar-refractivity contribution in [2.24, 2.45) is 5.92 Å². The molecule has 0 aromatic rings. The standard InChI is InChI=1S/C16H32N4/c1-5-20(12-7-11-19(3)4)13-9-15-8-6-10-16(15,14-17)18-2/h15,18H,5-13H2,1-4H3. The summed E-state index contributed by atoms with van der Waals surface area (Å²) in [6.45, 7) is 6.79. The molecule has 1 N–H and O–H groups in total. The Morgan fingerprint density at radius 1 is 1.30 bits per heavy atom. The molecule has 0 spiro atoms. The van der Waals surface area contributed by atoms with Crippen LogP contribution in [-0.4, -0.2) is 62.7 Å². The molecule has 1 saturated carbocycles. The van der Waals surface area contributed by atoms with Crippen molar-refractivity contribution in [3.63, 3.8) is 0 Å². The normalized spacial score (nSPS) is 26.4. The van der Waals surface area contributed by atoms with Gasteiger partial charge in [0.2, 0.25) is 0 Å². The van der Waals surface area contributed by atoms with Gasteiger partial charge >= 0.3 is 0 Å². The van der Waals surface area contributed by atoms with E-state index in [1.807, 2.05) is 7.05 Å². The molecule has 116 valence electrons. The molecule has 0 aliphatic heterocycles. The van der Waals surface area contributed by atoms with E-state index in [0.29, 0.717) is 5.92 Å². The zero-order chi connectivity index (χ0) is 15.0. The monoisotopic (exact) mass is 280 g/mol. The second-order valence-corrected chi connectivity index (χ2v) is 6.30. The van der Waals surface area contributed by atoms with Crippen LogP contribution in [0, 0.1) is 17.2 Å². The molecule has 1 aliphatic rings. The van der Waals surface area contributed by atoms with Crippen molar-refractivity contribution < 1.29 is 0 Å². The Morgan fingerprint density at radius 2 is 2.05 bits per heavy atom. The summed E-state index contributed by atoms with van der Waals surface area (Å²) in [6, 6.07) is 2.54. The van der Waals surface area contributed by atoms with Gasteiger partial charge in [0.1, 0.15) is 5.54 Å². The molecule has 0 bridgehead atoms. The van der Waals surface area contributed by atoms with E-state index in [-0.39, 0.29) is 5.54 Å². The number of nitrogens with zero attached hydrogens (tertiary/aromatic N) is 3. The van der Waals surface area contributed by atoms with Gasteiger partial charge in [-0.1, -0.05) is 13.3 Å². The number of hydrogen-bond donors (Lipinski definition) is 1. The maximum absolute atomic E-state index is 9.48. The first-order chi connectivity index (χ1) is 9.57. The van der Waals surface area contributed by atoms with Crippen molar-refractivity contribution >= 4 is 0 Å². The number of nitrogens with one attached hydrogen (secondary N) is 1. The zero-order valence-electron chi connectivity index (χ0n) is 13.8. The second kappa shape index (κ2) is 8.61. The highest BCUT2D eigenvalue weighted by molar-refractivity contribution is 5.13. The molecule has 4 nitrogen and oxygen atoms in total. The van der Waals surface area contributed by atoms with Crippen LogP contribution in [0.5, 0.6) is 0 Å². The Morgan fingerprint density at radius 3 is 2.60 bits per heavy atom. The highest BCUT2D eigenvalue weighted by Gasteiger charge is 2.41. The van der Waals surface area contributed by atoms with Crippen LogP contribution >= 0.6 is 0 Å². The van der Waals surface area contributed by atoms with Gasteiger partial charge < -0.3 is 15.1 Å². The van der Waals surface area contributed by atoms with Crippen LogP contribution in [0.1, 0.15) is 39.0 Å². The molecule has 0 amide bonds. The third-order valence-electron chi connectivity index (χ3n) is 4.79. The molecule has 1 rings (SSSR count). The molecule has 0 heterocycles. The molecule has 2 unspecified atom stereocenters. The molecule has 1 aliphatic carbocycles. The number of rotatable bonds is 9. The van der Waals surface area contributed by atoms with Crippen molar-refractivity contribution in [1.82, 2.24) is 15.1 Å². The van der Waals surface area contributed by atoms with E-state index in [1.54, 1.807) is 0 Å². The number of hydrogen-bond acceptors (Lipinski definition) is 4. The molecule has 0 aromatic carbocycles. The lowest BCUT2D eigenvalue weighted by Crippen LogP contribution is -2.45. The van der Waals surface area contributed by atoms with E-state index < -0.39 is 0 Å². The van der Waals surface area contributed by atoms with E-state index in [0.717, 1.165) is 32.5 Å². The average Bonchev–Trinajstić information content (AvgIpc) is 2.85. The molecule has 0 aromatic heterocycles. The molecule has 0 radical (unpaired) electrons. The largest absolute Gasteiger partial charge is 0.309 e. The van der Waals surface area contributed by atoms with Crippen LogP contribution in [0.25, 0.3) is 0 Å². The van der Waals surface area contributed by atoms with Gasteiger partial charge in [0.15, 0.2) is 0 Å². The average molecular weight is 280 g/mol. The SMILES string of the molecule is CCN(CCCN(C)C)CCC1CCCC1(C#N)NC. The Kier molecular flexibility index (Phi) is 7.50. The summed E-state index contributed by atoms with van der Waals surface area (Å²) < 4.78 is 0. The fourth-order valence-corrected chi connectivity index (χ4v) is 3.38. The van der Waals surface area contributed by atoms with Gasteiger partial charge in [-0.15, -0.1) is 0 Å². The maximum Gasteiger partial charge on any atom is 0.109 e. The summed E-state index contributed by atoms with van der Waals surface area (Å²) in [4.78, 5) is 4.77. The predicted molar refractivity (Wildman–Crippen MR) is 84.6 cm³/mol. The lowest BCUT2D eigenvalue weighted by Gasteiger charge is -2.30. The fourth-order valence-electron chi connectivity index (χ4n) is 3.38. The van der Waals surface area contributed by atoms with E-state index in [1.165, 1.54) is 25.8 Å². The first kappa shape index (κ1) is 17.4. The molecule has 2 atom stereocenters. The summed E-state index contributed by atoms with van der Waals surface area (Å²) in [5, 5.41) is 12.8. The highest BCUT2D eigenvalue weighted by atomic mass is 15.1. The minimum Gasteiger partial charge on any atom is -0.309 e.